The first-order chi connectivity index (χ1) is 16.1. The molecule has 0 unspecified atom stereocenters. The molecule has 0 spiro atoms. The molecule has 0 aliphatic rings. The molecule has 0 radical (unpaired) electrons. The third-order valence-electron chi connectivity index (χ3n) is 5.12. The number of anilines is 2. The number of amides is 2. The Kier molecular flexibility index (Phi) is 5.23. The molecule has 0 saturated carbocycles. The minimum atomic E-state index is -0.707. The Labute approximate surface area is 188 Å². The molecule has 0 aliphatic heterocycles. The number of fused-ring (bicyclic) bond motifs is 2. The third-order valence-corrected chi connectivity index (χ3v) is 5.12. The number of aromatic nitrogens is 5. The molecule has 4 N–H and O–H groups in total. The molecule has 0 atom stereocenters. The van der Waals surface area contributed by atoms with E-state index in [-0.39, 0.29) is 23.6 Å². The number of imidazole rings is 2. The van der Waals surface area contributed by atoms with E-state index in [1.165, 1.54) is 6.20 Å². The van der Waals surface area contributed by atoms with Crippen LogP contribution in [-0.4, -0.2) is 36.5 Å². The van der Waals surface area contributed by atoms with Crippen LogP contribution in [0.2, 0.25) is 0 Å². The standard InChI is InChI=1S/C23H21N7O3/c1-2-12-30-16-8-4-3-6-14(16)13-17(30)20(31)28-22-26-15-7-5-9-18(19(15)27-22)33-23(32)29-21-24-10-11-25-21/h3-11,13H,2,12H2,1H3,(H2,24,25,29,32)(H2,26,27,28,31). The third kappa shape index (κ3) is 4.01. The van der Waals surface area contributed by atoms with E-state index in [1.54, 1.807) is 24.4 Å². The Morgan fingerprint density at radius 2 is 1.97 bits per heavy atom. The Balaban J connectivity index is 1.39. The molecule has 0 aliphatic carbocycles. The molecule has 0 saturated heterocycles. The number of aryl methyl sites for hydroxylation is 1. The lowest BCUT2D eigenvalue weighted by Crippen LogP contribution is -2.18. The fourth-order valence-electron chi connectivity index (χ4n) is 3.74. The minimum absolute atomic E-state index is 0.255. The van der Waals surface area contributed by atoms with Gasteiger partial charge in [-0.1, -0.05) is 31.2 Å². The second kappa shape index (κ2) is 8.50. The summed E-state index contributed by atoms with van der Waals surface area (Å²) in [5.41, 5.74) is 2.58. The van der Waals surface area contributed by atoms with Crippen molar-refractivity contribution in [1.82, 2.24) is 24.5 Å². The number of ether oxygens (including phenoxy) is 1. The van der Waals surface area contributed by atoms with Gasteiger partial charge in [0.05, 0.1) is 5.52 Å². The van der Waals surface area contributed by atoms with E-state index in [0.29, 0.717) is 16.7 Å². The first-order valence-corrected chi connectivity index (χ1v) is 10.5. The molecule has 5 aromatic rings. The zero-order chi connectivity index (χ0) is 22.8. The first-order valence-electron chi connectivity index (χ1n) is 10.5. The monoisotopic (exact) mass is 443 g/mol. The van der Waals surface area contributed by atoms with Crippen molar-refractivity contribution in [3.05, 3.63) is 66.6 Å². The van der Waals surface area contributed by atoms with Gasteiger partial charge in [-0.15, -0.1) is 0 Å². The van der Waals surface area contributed by atoms with Crippen LogP contribution in [0.3, 0.4) is 0 Å². The quantitative estimate of drug-likeness (QED) is 0.307. The summed E-state index contributed by atoms with van der Waals surface area (Å²) in [6.07, 6.45) is 3.28. The highest BCUT2D eigenvalue weighted by Crippen LogP contribution is 2.26. The van der Waals surface area contributed by atoms with Crippen LogP contribution in [-0.2, 0) is 6.54 Å². The van der Waals surface area contributed by atoms with Gasteiger partial charge in [0.2, 0.25) is 11.9 Å². The van der Waals surface area contributed by atoms with Crippen molar-refractivity contribution in [3.63, 3.8) is 0 Å². The number of nitrogens with one attached hydrogen (secondary N) is 4. The lowest BCUT2D eigenvalue weighted by molar-refractivity contribution is 0.101. The molecule has 166 valence electrons. The Bertz CT molecular complexity index is 1450. The zero-order valence-corrected chi connectivity index (χ0v) is 17.8. The second-order valence-electron chi connectivity index (χ2n) is 7.38. The topological polar surface area (TPSA) is 130 Å². The van der Waals surface area contributed by atoms with Crippen LogP contribution in [0.4, 0.5) is 16.7 Å². The predicted molar refractivity (Wildman–Crippen MR) is 125 cm³/mol. The number of nitrogens with zero attached hydrogens (tertiary/aromatic N) is 3. The number of para-hydroxylation sites is 2. The van der Waals surface area contributed by atoms with Gasteiger partial charge in [0, 0.05) is 29.8 Å². The highest BCUT2D eigenvalue weighted by Gasteiger charge is 2.18. The fourth-order valence-corrected chi connectivity index (χ4v) is 3.74. The van der Waals surface area contributed by atoms with Crippen molar-refractivity contribution in [2.24, 2.45) is 0 Å². The predicted octanol–water partition coefficient (Wildman–Crippen LogP) is 4.51. The molecular formula is C23H21N7O3. The van der Waals surface area contributed by atoms with Crippen LogP contribution < -0.4 is 15.4 Å². The van der Waals surface area contributed by atoms with E-state index in [0.717, 1.165) is 23.9 Å². The molecule has 3 aromatic heterocycles. The van der Waals surface area contributed by atoms with Gasteiger partial charge in [0.15, 0.2) is 5.75 Å². The molecule has 5 rings (SSSR count). The van der Waals surface area contributed by atoms with Crippen molar-refractivity contribution in [3.8, 4) is 5.75 Å². The Morgan fingerprint density at radius 3 is 2.79 bits per heavy atom. The van der Waals surface area contributed by atoms with Gasteiger partial charge in [-0.3, -0.25) is 15.4 Å². The molecule has 10 heteroatoms. The summed E-state index contributed by atoms with van der Waals surface area (Å²) >= 11 is 0. The van der Waals surface area contributed by atoms with E-state index in [1.807, 2.05) is 34.9 Å². The van der Waals surface area contributed by atoms with Crippen LogP contribution in [0.15, 0.2) is 60.9 Å². The summed E-state index contributed by atoms with van der Waals surface area (Å²) in [4.78, 5) is 39.4. The summed E-state index contributed by atoms with van der Waals surface area (Å²) < 4.78 is 7.40. The van der Waals surface area contributed by atoms with Crippen LogP contribution in [0.25, 0.3) is 21.9 Å². The zero-order valence-electron chi connectivity index (χ0n) is 17.8. The van der Waals surface area contributed by atoms with Crippen LogP contribution in [0.1, 0.15) is 23.8 Å². The van der Waals surface area contributed by atoms with Gasteiger partial charge in [0.25, 0.3) is 5.91 Å². The number of carbonyl (C=O) groups excluding carboxylic acids is 2. The number of hydrogen-bond donors (Lipinski definition) is 4. The van der Waals surface area contributed by atoms with E-state index >= 15 is 0 Å². The second-order valence-corrected chi connectivity index (χ2v) is 7.38. The smallest absolute Gasteiger partial charge is 0.408 e. The SMILES string of the molecule is CCCn1c(C(=O)Nc2nc3cccc(OC(=O)Nc4ncc[nH]4)c3[nH]2)cc2ccccc21. The largest absolute Gasteiger partial charge is 0.419 e. The molecule has 33 heavy (non-hydrogen) atoms. The molecule has 10 nitrogen and oxygen atoms in total. The highest BCUT2D eigenvalue weighted by molar-refractivity contribution is 6.06. The Hall–Kier alpha value is -4.60. The minimum Gasteiger partial charge on any atom is -0.408 e. The van der Waals surface area contributed by atoms with E-state index in [4.69, 9.17) is 4.74 Å². The number of carbonyl (C=O) groups is 2. The van der Waals surface area contributed by atoms with Crippen LogP contribution in [0.5, 0.6) is 5.75 Å². The average Bonchev–Trinajstić information content (AvgIpc) is 3.53. The lowest BCUT2D eigenvalue weighted by Gasteiger charge is -2.09. The van der Waals surface area contributed by atoms with Gasteiger partial charge >= 0.3 is 6.09 Å². The van der Waals surface area contributed by atoms with Crippen molar-refractivity contribution in [1.29, 1.82) is 0 Å². The maximum absolute atomic E-state index is 13.1. The lowest BCUT2D eigenvalue weighted by atomic mass is 10.2. The summed E-state index contributed by atoms with van der Waals surface area (Å²) in [5.74, 6) is 0.513. The number of rotatable bonds is 6. The number of hydrogen-bond acceptors (Lipinski definition) is 5. The fraction of sp³-hybridized carbons (Fsp3) is 0.130. The van der Waals surface area contributed by atoms with Crippen molar-refractivity contribution in [2.75, 3.05) is 10.6 Å². The van der Waals surface area contributed by atoms with Gasteiger partial charge in [-0.05, 0) is 30.7 Å². The molecule has 2 amide bonds. The maximum atomic E-state index is 13.1. The van der Waals surface area contributed by atoms with Crippen LogP contribution in [0, 0.1) is 0 Å². The van der Waals surface area contributed by atoms with Crippen molar-refractivity contribution >= 4 is 45.8 Å². The first kappa shape index (κ1) is 20.3. The summed E-state index contributed by atoms with van der Waals surface area (Å²) in [6, 6.07) is 14.9. The molecule has 2 aromatic carbocycles. The van der Waals surface area contributed by atoms with Gasteiger partial charge in [-0.2, -0.15) is 0 Å². The van der Waals surface area contributed by atoms with Gasteiger partial charge in [0.1, 0.15) is 11.2 Å². The van der Waals surface area contributed by atoms with Crippen molar-refractivity contribution < 1.29 is 14.3 Å². The summed E-state index contributed by atoms with van der Waals surface area (Å²) in [5, 5.41) is 6.32. The maximum Gasteiger partial charge on any atom is 0.419 e. The highest BCUT2D eigenvalue weighted by atomic mass is 16.6. The molecule has 0 bridgehead atoms. The van der Waals surface area contributed by atoms with E-state index in [9.17, 15) is 9.59 Å². The van der Waals surface area contributed by atoms with Crippen LogP contribution >= 0.6 is 0 Å². The average molecular weight is 443 g/mol. The summed E-state index contributed by atoms with van der Waals surface area (Å²) in [6.45, 7) is 2.79. The molecule has 0 fully saturated rings. The van der Waals surface area contributed by atoms with E-state index < -0.39 is 6.09 Å². The normalized spacial score (nSPS) is 11.1. The molecule has 3 heterocycles. The van der Waals surface area contributed by atoms with Gasteiger partial charge in [-0.25, -0.2) is 14.8 Å². The number of aromatic amines is 2. The number of benzene rings is 2. The summed E-state index contributed by atoms with van der Waals surface area (Å²) in [7, 11) is 0. The number of H-pyrrole nitrogens is 2. The Morgan fingerprint density at radius 1 is 1.09 bits per heavy atom. The molecular weight excluding hydrogens is 422 g/mol. The van der Waals surface area contributed by atoms with Crippen molar-refractivity contribution in [2.45, 2.75) is 19.9 Å². The van der Waals surface area contributed by atoms with Gasteiger partial charge < -0.3 is 19.3 Å². The van der Waals surface area contributed by atoms with E-state index in [2.05, 4.69) is 37.5 Å².